The molecule has 1 aromatic heterocycles. The fourth-order valence-electron chi connectivity index (χ4n) is 2.36. The van der Waals surface area contributed by atoms with E-state index >= 15 is 0 Å². The van der Waals surface area contributed by atoms with E-state index in [0.717, 1.165) is 10.2 Å². The number of rotatable bonds is 6. The Labute approximate surface area is 168 Å². The average molecular weight is 449 g/mol. The maximum absolute atomic E-state index is 12.2. The van der Waals surface area contributed by atoms with Crippen molar-refractivity contribution in [2.75, 3.05) is 18.2 Å². The second-order valence-corrected chi connectivity index (χ2v) is 7.45. The number of nitrogens with one attached hydrogen (secondary N) is 1. The molecule has 0 saturated heterocycles. The van der Waals surface area contributed by atoms with Crippen molar-refractivity contribution in [2.24, 2.45) is 7.05 Å². The molecule has 3 aromatic rings. The van der Waals surface area contributed by atoms with Crippen molar-refractivity contribution in [3.05, 3.63) is 46.9 Å². The van der Waals surface area contributed by atoms with Gasteiger partial charge in [-0.3, -0.25) is 4.79 Å². The van der Waals surface area contributed by atoms with Crippen molar-refractivity contribution < 1.29 is 14.6 Å². The van der Waals surface area contributed by atoms with Crippen LogP contribution in [-0.4, -0.2) is 38.6 Å². The number of methoxy groups -OCH3 is 1. The molecule has 2 N–H and O–H groups in total. The van der Waals surface area contributed by atoms with Gasteiger partial charge in [0.1, 0.15) is 11.5 Å². The molecule has 0 spiro atoms. The van der Waals surface area contributed by atoms with Gasteiger partial charge in [-0.05, 0) is 42.5 Å². The van der Waals surface area contributed by atoms with Crippen molar-refractivity contribution in [1.82, 2.24) is 14.8 Å². The molecule has 1 amide bonds. The van der Waals surface area contributed by atoms with Gasteiger partial charge in [0.05, 0.1) is 18.4 Å². The summed E-state index contributed by atoms with van der Waals surface area (Å²) in [6.45, 7) is 0. The van der Waals surface area contributed by atoms with Gasteiger partial charge >= 0.3 is 0 Å². The largest absolute Gasteiger partial charge is 0.507 e. The molecule has 0 radical (unpaired) electrons. The molecule has 0 bridgehead atoms. The molecule has 0 aliphatic heterocycles. The first-order valence-corrected chi connectivity index (χ1v) is 9.71. The smallest absolute Gasteiger partial charge is 0.234 e. The summed E-state index contributed by atoms with van der Waals surface area (Å²) in [7, 11) is 3.38. The number of ether oxygens (including phenoxy) is 1. The van der Waals surface area contributed by atoms with Crippen LogP contribution in [0.5, 0.6) is 11.5 Å². The number of benzene rings is 2. The van der Waals surface area contributed by atoms with Crippen LogP contribution in [0.4, 0.5) is 5.69 Å². The van der Waals surface area contributed by atoms with Crippen molar-refractivity contribution in [3.63, 3.8) is 0 Å². The zero-order valence-electron chi connectivity index (χ0n) is 14.6. The Morgan fingerprint density at radius 2 is 2.00 bits per heavy atom. The van der Waals surface area contributed by atoms with Crippen molar-refractivity contribution in [2.45, 2.75) is 5.16 Å². The number of anilines is 1. The summed E-state index contributed by atoms with van der Waals surface area (Å²) in [6.07, 6.45) is 0. The summed E-state index contributed by atoms with van der Waals surface area (Å²) in [5.74, 6) is 1.39. The SMILES string of the molecule is COc1ccc(NC(=O)CSc2nnc(-c3cc(Br)ccc3O)n2C)cc1. The van der Waals surface area contributed by atoms with E-state index in [0.29, 0.717) is 22.2 Å². The van der Waals surface area contributed by atoms with Gasteiger partial charge in [0.15, 0.2) is 11.0 Å². The van der Waals surface area contributed by atoms with E-state index in [-0.39, 0.29) is 17.4 Å². The number of thioether (sulfide) groups is 1. The third kappa shape index (κ3) is 4.61. The minimum atomic E-state index is -0.153. The Balaban J connectivity index is 1.65. The summed E-state index contributed by atoms with van der Waals surface area (Å²) in [5, 5.41) is 21.7. The third-order valence-corrected chi connectivity index (χ3v) is 5.25. The summed E-state index contributed by atoms with van der Waals surface area (Å²) >= 11 is 4.65. The van der Waals surface area contributed by atoms with E-state index in [4.69, 9.17) is 4.74 Å². The average Bonchev–Trinajstić information content (AvgIpc) is 3.03. The van der Waals surface area contributed by atoms with Crippen LogP contribution in [-0.2, 0) is 11.8 Å². The van der Waals surface area contributed by atoms with E-state index in [1.165, 1.54) is 11.8 Å². The molecule has 9 heteroatoms. The van der Waals surface area contributed by atoms with Crippen LogP contribution < -0.4 is 10.1 Å². The quantitative estimate of drug-likeness (QED) is 0.558. The lowest BCUT2D eigenvalue weighted by molar-refractivity contribution is -0.113. The van der Waals surface area contributed by atoms with Crippen LogP contribution in [0.1, 0.15) is 0 Å². The number of nitrogens with zero attached hydrogens (tertiary/aromatic N) is 3. The molecule has 0 aliphatic carbocycles. The van der Waals surface area contributed by atoms with Gasteiger partial charge in [-0.25, -0.2) is 0 Å². The molecule has 0 unspecified atom stereocenters. The number of halogens is 1. The second-order valence-electron chi connectivity index (χ2n) is 5.59. The van der Waals surface area contributed by atoms with E-state index in [2.05, 4.69) is 31.4 Å². The maximum Gasteiger partial charge on any atom is 0.234 e. The molecular weight excluding hydrogens is 432 g/mol. The number of aromatic hydroxyl groups is 1. The number of hydrogen-bond acceptors (Lipinski definition) is 6. The van der Waals surface area contributed by atoms with E-state index < -0.39 is 0 Å². The highest BCUT2D eigenvalue weighted by atomic mass is 79.9. The summed E-state index contributed by atoms with van der Waals surface area (Å²) in [6, 6.07) is 12.2. The molecule has 0 fully saturated rings. The molecule has 27 heavy (non-hydrogen) atoms. The summed E-state index contributed by atoms with van der Waals surface area (Å²) in [5.41, 5.74) is 1.26. The van der Waals surface area contributed by atoms with Gasteiger partial charge in [0.25, 0.3) is 0 Å². The predicted molar refractivity (Wildman–Crippen MR) is 108 cm³/mol. The van der Waals surface area contributed by atoms with Gasteiger partial charge in [0, 0.05) is 17.2 Å². The standard InChI is InChI=1S/C18H17BrN4O3S/c1-23-17(14-9-11(19)3-8-15(14)24)21-22-18(23)27-10-16(25)20-12-4-6-13(26-2)7-5-12/h3-9,24H,10H2,1-2H3,(H,20,25). The number of carbonyl (C=O) groups excluding carboxylic acids is 1. The van der Waals surface area contributed by atoms with Crippen LogP contribution >= 0.6 is 27.7 Å². The Kier molecular flexibility index (Phi) is 6.02. The minimum absolute atomic E-state index is 0.113. The number of amides is 1. The first-order chi connectivity index (χ1) is 13.0. The highest BCUT2D eigenvalue weighted by molar-refractivity contribution is 9.10. The lowest BCUT2D eigenvalue weighted by atomic mass is 10.2. The molecule has 2 aromatic carbocycles. The van der Waals surface area contributed by atoms with Crippen LogP contribution in [0, 0.1) is 0 Å². The fourth-order valence-corrected chi connectivity index (χ4v) is 3.44. The predicted octanol–water partition coefficient (Wildman–Crippen LogP) is 3.69. The minimum Gasteiger partial charge on any atom is -0.507 e. The van der Waals surface area contributed by atoms with Crippen molar-refractivity contribution in [3.8, 4) is 22.9 Å². The first-order valence-electron chi connectivity index (χ1n) is 7.93. The van der Waals surface area contributed by atoms with Crippen molar-refractivity contribution in [1.29, 1.82) is 0 Å². The Morgan fingerprint density at radius 1 is 1.26 bits per heavy atom. The number of aromatic nitrogens is 3. The van der Waals surface area contributed by atoms with Gasteiger partial charge < -0.3 is 19.7 Å². The van der Waals surface area contributed by atoms with Gasteiger partial charge in [-0.15, -0.1) is 10.2 Å². The van der Waals surface area contributed by atoms with E-state index in [9.17, 15) is 9.90 Å². The van der Waals surface area contributed by atoms with Gasteiger partial charge in [-0.2, -0.15) is 0 Å². The van der Waals surface area contributed by atoms with Gasteiger partial charge in [0.2, 0.25) is 5.91 Å². The maximum atomic E-state index is 12.2. The Hall–Kier alpha value is -2.52. The third-order valence-electron chi connectivity index (χ3n) is 3.74. The number of carbonyl (C=O) groups is 1. The number of phenolic OH excluding ortho intramolecular Hbond substituents is 1. The van der Waals surface area contributed by atoms with Crippen LogP contribution in [0.3, 0.4) is 0 Å². The van der Waals surface area contributed by atoms with Crippen LogP contribution in [0.2, 0.25) is 0 Å². The molecular formula is C18H17BrN4O3S. The van der Waals surface area contributed by atoms with Crippen molar-refractivity contribution >= 4 is 39.3 Å². The second kappa shape index (κ2) is 8.45. The lowest BCUT2D eigenvalue weighted by Gasteiger charge is -2.07. The summed E-state index contributed by atoms with van der Waals surface area (Å²) in [4.78, 5) is 12.2. The van der Waals surface area contributed by atoms with Crippen LogP contribution in [0.15, 0.2) is 52.1 Å². The monoisotopic (exact) mass is 448 g/mol. The van der Waals surface area contributed by atoms with Crippen LogP contribution in [0.25, 0.3) is 11.4 Å². The topological polar surface area (TPSA) is 89.3 Å². The molecule has 0 atom stereocenters. The van der Waals surface area contributed by atoms with E-state index in [1.54, 1.807) is 61.2 Å². The summed E-state index contributed by atoms with van der Waals surface area (Å²) < 4.78 is 7.66. The highest BCUT2D eigenvalue weighted by Crippen LogP contribution is 2.32. The Bertz CT molecular complexity index is 960. The molecule has 7 nitrogen and oxygen atoms in total. The first kappa shape index (κ1) is 19.2. The Morgan fingerprint density at radius 3 is 2.70 bits per heavy atom. The zero-order valence-corrected chi connectivity index (χ0v) is 17.0. The molecule has 140 valence electrons. The fraction of sp³-hybridized carbons (Fsp3) is 0.167. The molecule has 0 aliphatic rings. The number of phenols is 1. The molecule has 3 rings (SSSR count). The number of hydrogen-bond donors (Lipinski definition) is 2. The lowest BCUT2D eigenvalue weighted by Crippen LogP contribution is -2.14. The van der Waals surface area contributed by atoms with E-state index in [1.807, 2.05) is 0 Å². The molecule has 1 heterocycles. The molecule has 0 saturated carbocycles. The van der Waals surface area contributed by atoms with Gasteiger partial charge in [-0.1, -0.05) is 27.7 Å². The normalized spacial score (nSPS) is 10.6. The zero-order chi connectivity index (χ0) is 19.4. The highest BCUT2D eigenvalue weighted by Gasteiger charge is 2.16.